The molecule has 1 N–H and O–H groups in total. The lowest BCUT2D eigenvalue weighted by Crippen LogP contribution is -2.49. The first kappa shape index (κ1) is 36.2. The third-order valence-electron chi connectivity index (χ3n) is 10.8. The molecule has 2 heterocycles. The van der Waals surface area contributed by atoms with Crippen LogP contribution in [0.2, 0.25) is 5.02 Å². The number of anilines is 1. The van der Waals surface area contributed by atoms with Crippen LogP contribution in [-0.4, -0.2) is 72.3 Å². The van der Waals surface area contributed by atoms with Crippen LogP contribution in [-0.2, 0) is 27.6 Å². The first-order valence-electron chi connectivity index (χ1n) is 18.0. The number of amides is 1. The maximum atomic E-state index is 13.2. The number of ether oxygens (including phenoxy) is 2. The van der Waals surface area contributed by atoms with E-state index in [1.165, 1.54) is 43.2 Å². The van der Waals surface area contributed by atoms with Crippen LogP contribution in [0.25, 0.3) is 0 Å². The number of hydrogen-bond donors (Lipinski definition) is 1. The largest absolute Gasteiger partial charge is 0.490 e. The van der Waals surface area contributed by atoms with Gasteiger partial charge >= 0.3 is 0 Å². The lowest BCUT2D eigenvalue weighted by Gasteiger charge is -2.46. The number of unbranched alkanes of at least 4 members (excludes halogenated alkanes) is 1. The number of morpholine rings is 1. The quantitative estimate of drug-likeness (QED) is 0.294. The highest BCUT2D eigenvalue weighted by molar-refractivity contribution is 7.84. The van der Waals surface area contributed by atoms with Gasteiger partial charge in [-0.1, -0.05) is 44.4 Å². The molecule has 7 nitrogen and oxygen atoms in total. The second-order valence-electron chi connectivity index (χ2n) is 14.4. The van der Waals surface area contributed by atoms with Crippen molar-refractivity contribution in [1.29, 1.82) is 0 Å². The van der Waals surface area contributed by atoms with Crippen molar-refractivity contribution in [3.63, 3.8) is 0 Å². The van der Waals surface area contributed by atoms with Gasteiger partial charge in [0.1, 0.15) is 16.7 Å². The van der Waals surface area contributed by atoms with Crippen LogP contribution in [0.5, 0.6) is 5.75 Å². The molecule has 5 unspecified atom stereocenters. The van der Waals surface area contributed by atoms with E-state index in [-0.39, 0.29) is 16.6 Å². The molecule has 0 aromatic heterocycles. The number of nitrogens with one attached hydrogen (secondary N) is 1. The van der Waals surface area contributed by atoms with E-state index in [2.05, 4.69) is 47.4 Å². The molecule has 5 atom stereocenters. The van der Waals surface area contributed by atoms with Crippen molar-refractivity contribution in [2.75, 3.05) is 50.9 Å². The minimum absolute atomic E-state index is 0.153. The van der Waals surface area contributed by atoms with E-state index in [0.717, 1.165) is 75.1 Å². The van der Waals surface area contributed by atoms with Gasteiger partial charge in [0.25, 0.3) is 5.91 Å². The summed E-state index contributed by atoms with van der Waals surface area (Å²) in [5.74, 6) is 1.77. The zero-order valence-electron chi connectivity index (χ0n) is 29.2. The predicted molar refractivity (Wildman–Crippen MR) is 194 cm³/mol. The molecule has 1 saturated carbocycles. The van der Waals surface area contributed by atoms with Crippen LogP contribution in [0, 0.1) is 11.8 Å². The number of fused-ring (bicyclic) bond motifs is 3. The van der Waals surface area contributed by atoms with E-state index in [1.807, 2.05) is 32.0 Å². The molecule has 2 aliphatic carbocycles. The van der Waals surface area contributed by atoms with Crippen LogP contribution in [0.1, 0.15) is 101 Å². The maximum Gasteiger partial charge on any atom is 0.263 e. The third-order valence-corrected chi connectivity index (χ3v) is 12.2. The average molecular weight is 686 g/mol. The van der Waals surface area contributed by atoms with Gasteiger partial charge in [0.2, 0.25) is 0 Å². The van der Waals surface area contributed by atoms with Crippen LogP contribution >= 0.6 is 11.6 Å². The molecule has 9 heteroatoms. The van der Waals surface area contributed by atoms with Crippen molar-refractivity contribution >= 4 is 34.2 Å². The Morgan fingerprint density at radius 2 is 1.81 bits per heavy atom. The van der Waals surface area contributed by atoms with Crippen molar-refractivity contribution in [3.05, 3.63) is 58.1 Å². The number of carbonyl (C=O) groups excluding carboxylic acids is 1. The number of aryl methyl sites for hydroxylation is 1. The summed E-state index contributed by atoms with van der Waals surface area (Å²) >= 11 is 6.44. The molecular formula is C38H56ClN3O4S. The topological polar surface area (TPSA) is 71.1 Å². The Bertz CT molecular complexity index is 1380. The number of benzene rings is 2. The summed E-state index contributed by atoms with van der Waals surface area (Å²) in [7, 11) is -1.43. The molecule has 47 heavy (non-hydrogen) atoms. The van der Waals surface area contributed by atoms with Crippen LogP contribution in [0.3, 0.4) is 0 Å². The molecule has 0 radical (unpaired) electrons. The fraction of sp³-hybridized carbons (Fsp3) is 0.658. The van der Waals surface area contributed by atoms with Gasteiger partial charge in [-0.05, 0) is 113 Å². The van der Waals surface area contributed by atoms with Crippen LogP contribution < -0.4 is 14.4 Å². The van der Waals surface area contributed by atoms with Gasteiger partial charge in [0, 0.05) is 53.5 Å². The third kappa shape index (κ3) is 8.73. The SMILES string of the molecule is CC(CC1CCC1CN1CC2(CCCc3cc(Cl)ccc32)COc2ccc(C(=O)NS(=O)C(C)C)cc21)N1CCOCC1.CCCC. The standard InChI is InChI=1S/C34H46ClN3O4S.C4H10/c1-23(2)43(40)36-33(39)27-8-11-32-31(19-27)38(20-28-7-6-25(28)17-24(3)37-13-15-41-16-14-37)21-34(22-42-32)12-4-5-26-18-29(35)9-10-30(26)34;1-3-4-2/h8-11,18-19,23-25,28H,4-7,12-17,20-22H2,1-3H3,(H,36,39);3-4H2,1-2H3. The second kappa shape index (κ2) is 16.5. The van der Waals surface area contributed by atoms with Gasteiger partial charge in [-0.2, -0.15) is 0 Å². The van der Waals surface area contributed by atoms with Crippen molar-refractivity contribution < 1.29 is 18.5 Å². The van der Waals surface area contributed by atoms with Gasteiger partial charge in [0.05, 0.1) is 25.5 Å². The molecule has 1 spiro atoms. The van der Waals surface area contributed by atoms with Crippen molar-refractivity contribution in [1.82, 2.24) is 9.62 Å². The molecule has 1 saturated heterocycles. The lowest BCUT2D eigenvalue weighted by atomic mass is 9.68. The summed E-state index contributed by atoms with van der Waals surface area (Å²) in [6.45, 7) is 16.5. The summed E-state index contributed by atoms with van der Waals surface area (Å²) < 4.78 is 27.3. The Hall–Kier alpha value is -2.13. The molecule has 2 aromatic rings. The molecular weight excluding hydrogens is 630 g/mol. The Morgan fingerprint density at radius 3 is 2.49 bits per heavy atom. The Kier molecular flexibility index (Phi) is 12.7. The fourth-order valence-corrected chi connectivity index (χ4v) is 8.33. The van der Waals surface area contributed by atoms with E-state index < -0.39 is 11.0 Å². The summed E-state index contributed by atoms with van der Waals surface area (Å²) in [5.41, 5.74) is 3.99. The highest BCUT2D eigenvalue weighted by Crippen LogP contribution is 2.47. The zero-order chi connectivity index (χ0) is 33.6. The smallest absolute Gasteiger partial charge is 0.263 e. The number of nitrogens with zero attached hydrogens (tertiary/aromatic N) is 2. The minimum Gasteiger partial charge on any atom is -0.490 e. The molecule has 2 aliphatic heterocycles. The van der Waals surface area contributed by atoms with E-state index in [0.29, 0.717) is 30.0 Å². The van der Waals surface area contributed by atoms with Crippen molar-refractivity contribution in [3.8, 4) is 5.75 Å². The number of carbonyl (C=O) groups is 1. The Labute approximate surface area is 290 Å². The van der Waals surface area contributed by atoms with Gasteiger partial charge < -0.3 is 14.4 Å². The van der Waals surface area contributed by atoms with Crippen molar-refractivity contribution in [2.45, 2.75) is 103 Å². The summed E-state index contributed by atoms with van der Waals surface area (Å²) in [6, 6.07) is 12.6. The van der Waals surface area contributed by atoms with Gasteiger partial charge in [0.15, 0.2) is 0 Å². The monoisotopic (exact) mass is 685 g/mol. The number of rotatable bonds is 9. The van der Waals surface area contributed by atoms with E-state index in [1.54, 1.807) is 6.07 Å². The first-order valence-corrected chi connectivity index (χ1v) is 19.6. The summed E-state index contributed by atoms with van der Waals surface area (Å²) in [4.78, 5) is 18.2. The maximum absolute atomic E-state index is 13.2. The second-order valence-corrected chi connectivity index (χ2v) is 16.6. The van der Waals surface area contributed by atoms with Gasteiger partial charge in [-0.15, -0.1) is 0 Å². The first-order chi connectivity index (χ1) is 22.6. The number of hydrogen-bond acceptors (Lipinski definition) is 6. The highest BCUT2D eigenvalue weighted by atomic mass is 35.5. The summed E-state index contributed by atoms with van der Waals surface area (Å²) in [5, 5.41) is 0.631. The molecule has 2 fully saturated rings. The highest BCUT2D eigenvalue weighted by Gasteiger charge is 2.43. The van der Waals surface area contributed by atoms with Crippen molar-refractivity contribution in [2.24, 2.45) is 11.8 Å². The van der Waals surface area contributed by atoms with Crippen LogP contribution in [0.15, 0.2) is 36.4 Å². The fourth-order valence-electron chi connectivity index (χ4n) is 7.60. The minimum atomic E-state index is -1.43. The van der Waals surface area contributed by atoms with Gasteiger partial charge in [-0.3, -0.25) is 14.4 Å². The average Bonchev–Trinajstić information content (AvgIpc) is 3.22. The summed E-state index contributed by atoms with van der Waals surface area (Å²) in [6.07, 6.45) is 9.52. The molecule has 1 amide bonds. The molecule has 4 aliphatic rings. The predicted octanol–water partition coefficient (Wildman–Crippen LogP) is 7.56. The number of halogens is 1. The van der Waals surface area contributed by atoms with Crippen LogP contribution in [0.4, 0.5) is 5.69 Å². The molecule has 0 bridgehead atoms. The normalized spacial score (nSPS) is 25.3. The van der Waals surface area contributed by atoms with E-state index in [4.69, 9.17) is 21.1 Å². The van der Waals surface area contributed by atoms with E-state index in [9.17, 15) is 9.00 Å². The Balaban J connectivity index is 0.00000103. The molecule has 260 valence electrons. The zero-order valence-corrected chi connectivity index (χ0v) is 30.8. The van der Waals surface area contributed by atoms with Gasteiger partial charge in [-0.25, -0.2) is 4.21 Å². The molecule has 6 rings (SSSR count). The lowest BCUT2D eigenvalue weighted by molar-refractivity contribution is 0.00741. The Morgan fingerprint density at radius 1 is 1.06 bits per heavy atom. The molecule has 2 aromatic carbocycles. The van der Waals surface area contributed by atoms with E-state index >= 15 is 0 Å².